The number of hydrogen-bond acceptors (Lipinski definition) is 0. The molecular formula is C31H33Cl3Ti. The number of aryl methyl sites for hydroxylation is 3. The average molecular weight is 560 g/mol. The van der Waals surface area contributed by atoms with Crippen molar-refractivity contribution in [1.82, 2.24) is 0 Å². The van der Waals surface area contributed by atoms with Crippen LogP contribution in [0.15, 0.2) is 90.0 Å². The molecule has 0 spiro atoms. The van der Waals surface area contributed by atoms with Crippen LogP contribution in [0.4, 0.5) is 0 Å². The first kappa shape index (κ1) is 33.7. The Labute approximate surface area is 245 Å². The Balaban J connectivity index is 0.00000289. The van der Waals surface area contributed by atoms with Gasteiger partial charge < -0.3 is 37.2 Å². The summed E-state index contributed by atoms with van der Waals surface area (Å²) in [5.74, 6) is 0. The molecule has 0 aromatic heterocycles. The molecule has 3 aromatic rings. The number of halogens is 3. The summed E-state index contributed by atoms with van der Waals surface area (Å²) in [6.45, 7) is 13.5. The Hall–Kier alpha value is -1.28. The maximum atomic E-state index is 3.66. The molecule has 0 radical (unpaired) electrons. The van der Waals surface area contributed by atoms with Gasteiger partial charge in [0.1, 0.15) is 0 Å². The molecule has 4 rings (SSSR count). The fraction of sp³-hybridized carbons (Fsp3) is 0.290. The molecule has 0 unspecified atom stereocenters. The first-order valence-electron chi connectivity index (χ1n) is 11.3. The molecule has 3 aromatic carbocycles. The number of benzene rings is 3. The Morgan fingerprint density at radius 1 is 0.629 bits per heavy atom. The zero-order chi connectivity index (χ0) is 22.2. The molecule has 1 aliphatic carbocycles. The Morgan fingerprint density at radius 2 is 1.00 bits per heavy atom. The molecule has 0 aliphatic heterocycles. The van der Waals surface area contributed by atoms with Gasteiger partial charge in [0.15, 0.2) is 0 Å². The second-order valence-electron chi connectivity index (χ2n) is 10.0. The second kappa shape index (κ2) is 13.3. The molecule has 0 N–H and O–H groups in total. The smallest absolute Gasteiger partial charge is 1.00 e. The molecule has 0 saturated heterocycles. The molecule has 1 aliphatic rings. The van der Waals surface area contributed by atoms with E-state index in [1.807, 2.05) is 0 Å². The zero-order valence-electron chi connectivity index (χ0n) is 21.3. The van der Waals surface area contributed by atoms with Crippen LogP contribution >= 0.6 is 0 Å². The van der Waals surface area contributed by atoms with E-state index in [1.54, 1.807) is 0 Å². The molecule has 0 bridgehead atoms. The quantitative estimate of drug-likeness (QED) is 0.220. The van der Waals surface area contributed by atoms with Gasteiger partial charge in [-0.25, -0.2) is 5.57 Å². The maximum Gasteiger partial charge on any atom is 4.00 e. The van der Waals surface area contributed by atoms with E-state index in [9.17, 15) is 0 Å². The van der Waals surface area contributed by atoms with Crippen molar-refractivity contribution in [3.63, 3.8) is 0 Å². The van der Waals surface area contributed by atoms with E-state index in [0.717, 1.165) is 6.42 Å². The summed E-state index contributed by atoms with van der Waals surface area (Å²) in [6.07, 6.45) is 6.81. The molecular weight excluding hydrogens is 527 g/mol. The normalized spacial score (nSPS) is 12.7. The summed E-state index contributed by atoms with van der Waals surface area (Å²) in [5, 5.41) is 0. The van der Waals surface area contributed by atoms with Gasteiger partial charge in [-0.2, -0.15) is 11.6 Å². The van der Waals surface area contributed by atoms with Crippen molar-refractivity contribution in [1.29, 1.82) is 0 Å². The summed E-state index contributed by atoms with van der Waals surface area (Å²) in [7, 11) is 0. The minimum atomic E-state index is -0.354. The van der Waals surface area contributed by atoms with E-state index in [1.165, 1.54) is 44.5 Å². The number of rotatable bonds is 4. The number of hydrogen-bond donors (Lipinski definition) is 0. The summed E-state index contributed by atoms with van der Waals surface area (Å²) < 4.78 is 0. The van der Waals surface area contributed by atoms with Crippen molar-refractivity contribution in [3.8, 4) is 0 Å². The van der Waals surface area contributed by atoms with E-state index >= 15 is 0 Å². The van der Waals surface area contributed by atoms with Crippen LogP contribution in [-0.4, -0.2) is 0 Å². The molecule has 35 heavy (non-hydrogen) atoms. The summed E-state index contributed by atoms with van der Waals surface area (Å²) >= 11 is 0. The Bertz CT molecular complexity index is 1070. The SMILES string of the molecule is Cc1cccc(C(C2=C(C(C)(C)C)[C-]=CC2)(c2cccc(C)c2)c2cccc(C)c2)c1.[Cl-].[Cl-].[Cl-].[Ti+4]. The molecule has 182 valence electrons. The van der Waals surface area contributed by atoms with E-state index in [0.29, 0.717) is 0 Å². The third-order valence-electron chi connectivity index (χ3n) is 6.41. The minimum absolute atomic E-state index is 0. The van der Waals surface area contributed by atoms with Gasteiger partial charge in [0.2, 0.25) is 0 Å². The summed E-state index contributed by atoms with van der Waals surface area (Å²) in [4.78, 5) is 0. The third kappa shape index (κ3) is 6.54. The van der Waals surface area contributed by atoms with Crippen molar-refractivity contribution in [2.45, 2.75) is 53.4 Å². The predicted molar refractivity (Wildman–Crippen MR) is 132 cm³/mol. The first-order valence-corrected chi connectivity index (χ1v) is 11.3. The van der Waals surface area contributed by atoms with Crippen molar-refractivity contribution in [2.24, 2.45) is 5.41 Å². The van der Waals surface area contributed by atoms with E-state index in [-0.39, 0.29) is 69.8 Å². The molecule has 0 atom stereocenters. The van der Waals surface area contributed by atoms with Gasteiger partial charge in [0.05, 0.1) is 0 Å². The van der Waals surface area contributed by atoms with Crippen LogP contribution in [0, 0.1) is 32.3 Å². The van der Waals surface area contributed by atoms with Crippen molar-refractivity contribution in [3.05, 3.63) is 129 Å². The predicted octanol–water partition coefficient (Wildman–Crippen LogP) is -0.938. The van der Waals surface area contributed by atoms with E-state index in [4.69, 9.17) is 0 Å². The topological polar surface area (TPSA) is 0 Å². The first-order chi connectivity index (χ1) is 14.7. The van der Waals surface area contributed by atoms with Crippen LogP contribution in [0.3, 0.4) is 0 Å². The Morgan fingerprint density at radius 3 is 1.31 bits per heavy atom. The monoisotopic (exact) mass is 558 g/mol. The van der Waals surface area contributed by atoms with Gasteiger partial charge >= 0.3 is 21.7 Å². The van der Waals surface area contributed by atoms with Gasteiger partial charge in [-0.3, -0.25) is 6.08 Å². The molecule has 0 saturated carbocycles. The van der Waals surface area contributed by atoms with Crippen molar-refractivity contribution >= 4 is 0 Å². The van der Waals surface area contributed by atoms with Crippen LogP contribution in [0.25, 0.3) is 0 Å². The van der Waals surface area contributed by atoms with Crippen molar-refractivity contribution in [2.75, 3.05) is 0 Å². The fourth-order valence-electron chi connectivity index (χ4n) is 5.11. The molecule has 0 amide bonds. The molecule has 4 heteroatoms. The molecule has 0 nitrogen and oxygen atoms in total. The van der Waals surface area contributed by atoms with Crippen LogP contribution in [0.5, 0.6) is 0 Å². The van der Waals surface area contributed by atoms with Gasteiger partial charge in [0, 0.05) is 5.41 Å². The standard InChI is InChI=1S/C31H33.3ClH.Ti/c1-22-11-7-14-25(19-22)31(26-15-8-12-23(2)20-26,27-16-9-13-24(3)21-27)29-18-10-17-28(29)30(4,5)6;;;;/h7-16,19-21H,18H2,1-6H3;3*1H;/q-1;;;;+4/p-3. The number of allylic oxidation sites excluding steroid dienone is 4. The third-order valence-corrected chi connectivity index (χ3v) is 6.41. The van der Waals surface area contributed by atoms with E-state index < -0.39 is 0 Å². The van der Waals surface area contributed by atoms with Crippen molar-refractivity contribution < 1.29 is 58.9 Å². The Kier molecular flexibility index (Phi) is 12.8. The van der Waals surface area contributed by atoms with Crippen LogP contribution in [0.1, 0.15) is 60.6 Å². The second-order valence-corrected chi connectivity index (χ2v) is 10.0. The van der Waals surface area contributed by atoms with Gasteiger partial charge in [-0.05, 0) is 42.9 Å². The van der Waals surface area contributed by atoms with Crippen LogP contribution in [0.2, 0.25) is 0 Å². The van der Waals surface area contributed by atoms with Crippen LogP contribution in [-0.2, 0) is 27.1 Å². The average Bonchev–Trinajstić information content (AvgIpc) is 3.20. The van der Waals surface area contributed by atoms with Gasteiger partial charge in [-0.1, -0.05) is 117 Å². The summed E-state index contributed by atoms with van der Waals surface area (Å²) in [6, 6.07) is 27.2. The zero-order valence-corrected chi connectivity index (χ0v) is 25.2. The maximum absolute atomic E-state index is 3.66. The molecule has 0 heterocycles. The van der Waals surface area contributed by atoms with Crippen LogP contribution < -0.4 is 37.2 Å². The summed E-state index contributed by atoms with van der Waals surface area (Å²) in [5.41, 5.74) is 10.3. The fourth-order valence-corrected chi connectivity index (χ4v) is 5.11. The van der Waals surface area contributed by atoms with Gasteiger partial charge in [-0.15, -0.1) is 0 Å². The van der Waals surface area contributed by atoms with Gasteiger partial charge in [0.25, 0.3) is 0 Å². The largest absolute Gasteiger partial charge is 4.00 e. The minimum Gasteiger partial charge on any atom is -1.00 e. The molecule has 0 fully saturated rings. The van der Waals surface area contributed by atoms with E-state index in [2.05, 4.69) is 126 Å².